The van der Waals surface area contributed by atoms with Gasteiger partial charge in [-0.05, 0) is 89.3 Å². The van der Waals surface area contributed by atoms with Crippen molar-refractivity contribution in [3.8, 4) is 11.5 Å². The van der Waals surface area contributed by atoms with Gasteiger partial charge in [0.15, 0.2) is 5.96 Å². The number of guanidine groups is 1. The summed E-state index contributed by atoms with van der Waals surface area (Å²) in [5, 5.41) is 33.5. The summed E-state index contributed by atoms with van der Waals surface area (Å²) < 4.78 is 11.0. The van der Waals surface area contributed by atoms with Gasteiger partial charge in [-0.1, -0.05) is 24.3 Å². The number of ether oxygens (including phenoxy) is 2. The number of carboxylic acid groups (broad SMARTS) is 3. The number of aliphatic imine (C=N–C) groups is 1. The van der Waals surface area contributed by atoms with Crippen LogP contribution in [0.1, 0.15) is 46.4 Å². The molecule has 0 aliphatic rings. The summed E-state index contributed by atoms with van der Waals surface area (Å²) in [5.41, 5.74) is 10.9. The van der Waals surface area contributed by atoms with E-state index in [9.17, 15) is 39.3 Å². The molecule has 0 aromatic heterocycles. The predicted molar refractivity (Wildman–Crippen MR) is 171 cm³/mol. The van der Waals surface area contributed by atoms with Crippen LogP contribution in [0, 0.1) is 0 Å². The molecule has 244 valence electrons. The lowest BCUT2D eigenvalue weighted by molar-refractivity contribution is -0.141. The molecule has 0 saturated carbocycles. The number of nitrogens with zero attached hydrogens (tertiary/aromatic N) is 1. The lowest BCUT2D eigenvalue weighted by Crippen LogP contribution is -2.49. The second-order valence-corrected chi connectivity index (χ2v) is 10.6. The fourth-order valence-corrected chi connectivity index (χ4v) is 4.77. The second-order valence-electron chi connectivity index (χ2n) is 10.6. The van der Waals surface area contributed by atoms with Crippen molar-refractivity contribution in [2.24, 2.45) is 16.5 Å². The number of carboxylic acids is 3. The maximum absolute atomic E-state index is 13.4. The lowest BCUT2D eigenvalue weighted by Gasteiger charge is -2.22. The highest BCUT2D eigenvalue weighted by atomic mass is 16.5. The minimum Gasteiger partial charge on any atom is -0.480 e. The molecule has 8 N–H and O–H groups in total. The molecule has 0 aliphatic carbocycles. The van der Waals surface area contributed by atoms with Crippen LogP contribution in [0.2, 0.25) is 0 Å². The summed E-state index contributed by atoms with van der Waals surface area (Å²) in [7, 11) is 0. The van der Waals surface area contributed by atoms with Gasteiger partial charge >= 0.3 is 29.8 Å². The number of nitrogens with one attached hydrogen (secondary N) is 1. The van der Waals surface area contributed by atoms with E-state index in [1.165, 1.54) is 42.5 Å². The zero-order valence-corrected chi connectivity index (χ0v) is 24.9. The number of esters is 2. The number of nitrogens with two attached hydrogens (primary N) is 2. The molecule has 0 fully saturated rings. The topological polar surface area (TPSA) is 241 Å². The zero-order chi connectivity index (χ0) is 34.1. The molecule has 0 amide bonds. The van der Waals surface area contributed by atoms with E-state index >= 15 is 0 Å². The fourth-order valence-electron chi connectivity index (χ4n) is 4.77. The van der Waals surface area contributed by atoms with Gasteiger partial charge in [-0.25, -0.2) is 14.4 Å². The van der Waals surface area contributed by atoms with Crippen LogP contribution in [0.4, 0.5) is 0 Å². The Hall–Kier alpha value is -6.02. The summed E-state index contributed by atoms with van der Waals surface area (Å²) in [4.78, 5) is 64.6. The third-order valence-corrected chi connectivity index (χ3v) is 7.13. The molecule has 0 bridgehead atoms. The number of rotatable bonds is 15. The minimum absolute atomic E-state index is 0.0584. The number of aromatic carboxylic acids is 2. The molecule has 47 heavy (non-hydrogen) atoms. The first-order valence-electron chi connectivity index (χ1n) is 14.4. The van der Waals surface area contributed by atoms with E-state index < -0.39 is 41.9 Å². The SMILES string of the molecule is NC(N)=NCCCC(N[C@@H](CCC(=O)Oc1ccc2cc(C(=O)O)ccc2c1)C(=O)Oc1ccc2cc(C(=O)O)ccc2c1)C(=O)O. The molecule has 0 radical (unpaired) electrons. The normalized spacial score (nSPS) is 12.2. The van der Waals surface area contributed by atoms with Crippen LogP contribution in [0.15, 0.2) is 77.8 Å². The molecule has 4 aromatic rings. The molecule has 4 rings (SSSR count). The van der Waals surface area contributed by atoms with Gasteiger partial charge in [0.1, 0.15) is 23.6 Å². The van der Waals surface area contributed by atoms with Crippen molar-refractivity contribution in [3.05, 3.63) is 83.9 Å². The van der Waals surface area contributed by atoms with Crippen molar-refractivity contribution >= 4 is 57.4 Å². The van der Waals surface area contributed by atoms with E-state index in [0.29, 0.717) is 21.5 Å². The number of carbonyl (C=O) groups excluding carboxylic acids is 2. The number of fused-ring (bicyclic) bond motifs is 2. The van der Waals surface area contributed by atoms with Gasteiger partial charge in [-0.3, -0.25) is 19.9 Å². The Morgan fingerprint density at radius 2 is 1.19 bits per heavy atom. The second kappa shape index (κ2) is 15.3. The number of benzene rings is 4. The highest BCUT2D eigenvalue weighted by Crippen LogP contribution is 2.24. The number of aliphatic carboxylic acids is 1. The molecular weight excluding hydrogens is 612 g/mol. The smallest absolute Gasteiger partial charge is 0.335 e. The number of hydrogen-bond acceptors (Lipinski definition) is 9. The molecule has 4 aromatic carbocycles. The van der Waals surface area contributed by atoms with E-state index in [-0.39, 0.29) is 60.8 Å². The van der Waals surface area contributed by atoms with Gasteiger partial charge in [0.05, 0.1) is 11.1 Å². The van der Waals surface area contributed by atoms with Crippen LogP contribution in [-0.2, 0) is 14.4 Å². The van der Waals surface area contributed by atoms with Crippen molar-refractivity contribution in [1.29, 1.82) is 0 Å². The molecular formula is C33H32N4O10. The monoisotopic (exact) mass is 644 g/mol. The molecule has 0 heterocycles. The molecule has 0 saturated heterocycles. The fraction of sp³-hybridized carbons (Fsp3) is 0.212. The Kier molecular flexibility index (Phi) is 11.0. The Balaban J connectivity index is 1.48. The Labute approximate surface area is 267 Å². The van der Waals surface area contributed by atoms with Crippen molar-refractivity contribution in [3.63, 3.8) is 0 Å². The first-order valence-corrected chi connectivity index (χ1v) is 14.4. The van der Waals surface area contributed by atoms with Gasteiger partial charge in [0.2, 0.25) is 0 Å². The van der Waals surface area contributed by atoms with E-state index in [2.05, 4.69) is 10.3 Å². The number of carbonyl (C=O) groups is 5. The average molecular weight is 645 g/mol. The van der Waals surface area contributed by atoms with Crippen molar-refractivity contribution in [2.45, 2.75) is 37.8 Å². The van der Waals surface area contributed by atoms with Gasteiger partial charge in [0, 0.05) is 13.0 Å². The first-order chi connectivity index (χ1) is 22.4. The maximum atomic E-state index is 13.4. The predicted octanol–water partition coefficient (Wildman–Crippen LogP) is 3.15. The average Bonchev–Trinajstić information content (AvgIpc) is 3.02. The molecule has 1 unspecified atom stereocenters. The largest absolute Gasteiger partial charge is 0.480 e. The van der Waals surface area contributed by atoms with Crippen molar-refractivity contribution in [2.75, 3.05) is 6.54 Å². The van der Waals surface area contributed by atoms with E-state index in [1.54, 1.807) is 30.3 Å². The summed E-state index contributed by atoms with van der Waals surface area (Å²) in [6.07, 6.45) is -0.132. The van der Waals surface area contributed by atoms with Crippen LogP contribution in [0.5, 0.6) is 11.5 Å². The van der Waals surface area contributed by atoms with Crippen LogP contribution in [-0.4, -0.2) is 69.8 Å². The summed E-state index contributed by atoms with van der Waals surface area (Å²) in [6, 6.07) is 15.8. The van der Waals surface area contributed by atoms with Crippen LogP contribution < -0.4 is 26.3 Å². The third kappa shape index (κ3) is 9.48. The minimum atomic E-state index is -1.25. The first kappa shape index (κ1) is 33.9. The highest BCUT2D eigenvalue weighted by Gasteiger charge is 2.28. The lowest BCUT2D eigenvalue weighted by atomic mass is 10.1. The van der Waals surface area contributed by atoms with Crippen LogP contribution >= 0.6 is 0 Å². The molecule has 14 heteroatoms. The van der Waals surface area contributed by atoms with Crippen molar-refractivity contribution in [1.82, 2.24) is 5.32 Å². The molecule has 0 aliphatic heterocycles. The van der Waals surface area contributed by atoms with Crippen LogP contribution in [0.25, 0.3) is 21.5 Å². The Morgan fingerprint density at radius 1 is 0.681 bits per heavy atom. The Bertz CT molecular complexity index is 1870. The van der Waals surface area contributed by atoms with Gasteiger partial charge in [-0.2, -0.15) is 0 Å². The summed E-state index contributed by atoms with van der Waals surface area (Å²) in [5.74, 6) is -4.77. The van der Waals surface area contributed by atoms with E-state index in [0.717, 1.165) is 0 Å². The number of hydrogen-bond donors (Lipinski definition) is 6. The quantitative estimate of drug-likeness (QED) is 0.0359. The van der Waals surface area contributed by atoms with Gasteiger partial charge in [0.25, 0.3) is 0 Å². The van der Waals surface area contributed by atoms with Crippen molar-refractivity contribution < 1.29 is 48.8 Å². The molecule has 2 atom stereocenters. The maximum Gasteiger partial charge on any atom is 0.335 e. The van der Waals surface area contributed by atoms with E-state index in [4.69, 9.17) is 20.9 Å². The van der Waals surface area contributed by atoms with E-state index in [1.807, 2.05) is 0 Å². The molecule has 0 spiro atoms. The van der Waals surface area contributed by atoms with Crippen LogP contribution in [0.3, 0.4) is 0 Å². The zero-order valence-electron chi connectivity index (χ0n) is 24.9. The highest BCUT2D eigenvalue weighted by molar-refractivity contribution is 5.96. The molecule has 14 nitrogen and oxygen atoms in total. The van der Waals surface area contributed by atoms with Gasteiger partial charge < -0.3 is 36.3 Å². The summed E-state index contributed by atoms with van der Waals surface area (Å²) >= 11 is 0. The summed E-state index contributed by atoms with van der Waals surface area (Å²) in [6.45, 7) is 0.166. The Morgan fingerprint density at radius 3 is 1.70 bits per heavy atom. The standard InChI is InChI=1S/C33H32N4O10/c34-33(35)36-13-1-2-26(31(43)44)37-27(32(45)47-25-10-8-19-15-23(30(41)42)6-4-21(19)17-25)11-12-28(38)46-24-9-7-18-14-22(29(39)40)5-3-20(18)16-24/h3-10,14-17,26-27,37H,1-2,11-13H2,(H,39,40)(H,41,42)(H,43,44)(H4,34,35,36)/t26?,27-/m0/s1. The van der Waals surface area contributed by atoms with Gasteiger partial charge in [-0.15, -0.1) is 0 Å². The third-order valence-electron chi connectivity index (χ3n) is 7.13.